The molecule has 0 bridgehead atoms. The number of hydrogen-bond acceptors (Lipinski definition) is 2. The SMILES string of the molecule is CC1(C)c2ccccc2-c2ccc(N(c3ccc(-c4ccccc4)cc3)c3ccc(-c4cccc(-c5ccc6c(c5)-c5oc7ccccc7c5C6(C)C)c4)cc3)cc21. The molecule has 8 aromatic carbocycles. The summed E-state index contributed by atoms with van der Waals surface area (Å²) in [6.07, 6.45) is 0. The summed E-state index contributed by atoms with van der Waals surface area (Å²) in [5.41, 5.74) is 20.5. The third kappa shape index (κ3) is 5.25. The first-order valence-corrected chi connectivity index (χ1v) is 20.3. The van der Waals surface area contributed by atoms with Crippen molar-refractivity contribution in [1.29, 1.82) is 0 Å². The van der Waals surface area contributed by atoms with Crippen LogP contribution < -0.4 is 4.90 Å². The Morgan fingerprint density at radius 1 is 0.362 bits per heavy atom. The van der Waals surface area contributed by atoms with E-state index in [0.717, 1.165) is 28.4 Å². The molecule has 0 amide bonds. The summed E-state index contributed by atoms with van der Waals surface area (Å²) < 4.78 is 6.52. The van der Waals surface area contributed by atoms with Gasteiger partial charge in [-0.2, -0.15) is 0 Å². The van der Waals surface area contributed by atoms with E-state index in [2.05, 4.69) is 221 Å². The van der Waals surface area contributed by atoms with Gasteiger partial charge in [0.05, 0.1) is 0 Å². The highest BCUT2D eigenvalue weighted by Crippen LogP contribution is 2.54. The van der Waals surface area contributed by atoms with Gasteiger partial charge in [0.2, 0.25) is 0 Å². The predicted octanol–water partition coefficient (Wildman–Crippen LogP) is 15.5. The normalized spacial score (nSPS) is 14.1. The van der Waals surface area contributed by atoms with Gasteiger partial charge in [-0.1, -0.05) is 161 Å². The third-order valence-electron chi connectivity index (χ3n) is 12.9. The van der Waals surface area contributed by atoms with Crippen LogP contribution in [0, 0.1) is 0 Å². The molecule has 1 aromatic heterocycles. The van der Waals surface area contributed by atoms with E-state index in [-0.39, 0.29) is 10.8 Å². The fraction of sp³-hybridized carbons (Fsp3) is 0.107. The van der Waals surface area contributed by atoms with Crippen LogP contribution in [0.15, 0.2) is 192 Å². The second-order valence-corrected chi connectivity index (χ2v) is 17.0. The van der Waals surface area contributed by atoms with Crippen LogP contribution in [0.4, 0.5) is 17.1 Å². The summed E-state index contributed by atoms with van der Waals surface area (Å²) >= 11 is 0. The van der Waals surface area contributed by atoms with Crippen LogP contribution in [0.25, 0.3) is 66.8 Å². The van der Waals surface area contributed by atoms with Crippen molar-refractivity contribution < 1.29 is 4.42 Å². The Hall–Kier alpha value is -6.90. The Morgan fingerprint density at radius 2 is 0.897 bits per heavy atom. The molecule has 2 aliphatic rings. The van der Waals surface area contributed by atoms with Crippen LogP contribution in [0.5, 0.6) is 0 Å². The van der Waals surface area contributed by atoms with Gasteiger partial charge >= 0.3 is 0 Å². The van der Waals surface area contributed by atoms with Crippen LogP contribution >= 0.6 is 0 Å². The van der Waals surface area contributed by atoms with Crippen molar-refractivity contribution in [1.82, 2.24) is 0 Å². The van der Waals surface area contributed by atoms with Crippen LogP contribution in [0.2, 0.25) is 0 Å². The molecule has 2 nitrogen and oxygen atoms in total. The predicted molar refractivity (Wildman–Crippen MR) is 242 cm³/mol. The van der Waals surface area contributed by atoms with Crippen molar-refractivity contribution in [2.45, 2.75) is 38.5 Å². The summed E-state index contributed by atoms with van der Waals surface area (Å²) in [4.78, 5) is 2.40. The topological polar surface area (TPSA) is 16.4 Å². The molecular weight excluding hydrogens is 703 g/mol. The molecule has 58 heavy (non-hydrogen) atoms. The van der Waals surface area contributed by atoms with Gasteiger partial charge in [0, 0.05) is 44.4 Å². The van der Waals surface area contributed by atoms with Crippen LogP contribution in [0.1, 0.15) is 49.9 Å². The molecule has 0 atom stereocenters. The highest BCUT2D eigenvalue weighted by molar-refractivity contribution is 5.95. The van der Waals surface area contributed by atoms with Crippen LogP contribution in [0.3, 0.4) is 0 Å². The van der Waals surface area contributed by atoms with E-state index >= 15 is 0 Å². The largest absolute Gasteiger partial charge is 0.456 e. The molecule has 0 N–H and O–H groups in total. The molecule has 0 saturated carbocycles. The summed E-state index contributed by atoms with van der Waals surface area (Å²) in [7, 11) is 0. The first kappa shape index (κ1) is 34.4. The van der Waals surface area contributed by atoms with E-state index in [4.69, 9.17) is 4.42 Å². The number of fused-ring (bicyclic) bond motifs is 8. The van der Waals surface area contributed by atoms with Crippen molar-refractivity contribution in [3.05, 3.63) is 210 Å². The molecule has 11 rings (SSSR count). The molecule has 0 aliphatic heterocycles. The average Bonchev–Trinajstić information content (AvgIpc) is 3.85. The maximum Gasteiger partial charge on any atom is 0.139 e. The Morgan fingerprint density at radius 3 is 1.66 bits per heavy atom. The van der Waals surface area contributed by atoms with Crippen molar-refractivity contribution >= 4 is 28.0 Å². The summed E-state index contributed by atoms with van der Waals surface area (Å²) in [6, 6.07) is 68.7. The van der Waals surface area contributed by atoms with Crippen molar-refractivity contribution in [2.24, 2.45) is 0 Å². The third-order valence-corrected chi connectivity index (χ3v) is 12.9. The smallest absolute Gasteiger partial charge is 0.139 e. The first-order valence-electron chi connectivity index (χ1n) is 20.3. The molecule has 0 spiro atoms. The maximum atomic E-state index is 6.52. The molecule has 1 heterocycles. The Kier molecular flexibility index (Phi) is 7.59. The van der Waals surface area contributed by atoms with Crippen LogP contribution in [-0.4, -0.2) is 0 Å². The van der Waals surface area contributed by atoms with Gasteiger partial charge in [0.1, 0.15) is 11.3 Å². The quantitative estimate of drug-likeness (QED) is 0.169. The Bertz CT molecular complexity index is 3040. The molecule has 0 unspecified atom stereocenters. The number of rotatable bonds is 6. The second-order valence-electron chi connectivity index (χ2n) is 17.0. The molecule has 0 saturated heterocycles. The van der Waals surface area contributed by atoms with Gasteiger partial charge in [-0.3, -0.25) is 0 Å². The van der Waals surface area contributed by atoms with E-state index < -0.39 is 0 Å². The van der Waals surface area contributed by atoms with Gasteiger partial charge in [-0.05, 0) is 116 Å². The lowest BCUT2D eigenvalue weighted by atomic mass is 9.81. The highest BCUT2D eigenvalue weighted by atomic mass is 16.3. The highest BCUT2D eigenvalue weighted by Gasteiger charge is 2.40. The fourth-order valence-electron chi connectivity index (χ4n) is 9.84. The van der Waals surface area contributed by atoms with Crippen molar-refractivity contribution in [2.75, 3.05) is 4.90 Å². The number of benzene rings is 8. The molecule has 2 heteroatoms. The molecular formula is C56H43NO. The van der Waals surface area contributed by atoms with E-state index in [1.807, 2.05) is 0 Å². The fourth-order valence-corrected chi connectivity index (χ4v) is 9.84. The Labute approximate surface area is 340 Å². The summed E-state index contributed by atoms with van der Waals surface area (Å²) in [5, 5.41) is 1.21. The number of furan rings is 1. The number of para-hydroxylation sites is 1. The molecule has 2 aliphatic carbocycles. The zero-order valence-corrected chi connectivity index (χ0v) is 33.3. The van der Waals surface area contributed by atoms with Crippen molar-refractivity contribution in [3.8, 4) is 55.8 Å². The van der Waals surface area contributed by atoms with Gasteiger partial charge in [0.25, 0.3) is 0 Å². The summed E-state index contributed by atoms with van der Waals surface area (Å²) in [6.45, 7) is 9.33. The van der Waals surface area contributed by atoms with E-state index in [0.29, 0.717) is 0 Å². The lowest BCUT2D eigenvalue weighted by molar-refractivity contribution is 0.619. The lowest BCUT2D eigenvalue weighted by Crippen LogP contribution is -2.16. The molecule has 9 aromatic rings. The number of anilines is 3. The minimum Gasteiger partial charge on any atom is -0.456 e. The van der Waals surface area contributed by atoms with E-state index in [9.17, 15) is 0 Å². The maximum absolute atomic E-state index is 6.52. The van der Waals surface area contributed by atoms with Gasteiger partial charge in [-0.15, -0.1) is 0 Å². The van der Waals surface area contributed by atoms with Gasteiger partial charge in [-0.25, -0.2) is 0 Å². The van der Waals surface area contributed by atoms with Crippen molar-refractivity contribution in [3.63, 3.8) is 0 Å². The van der Waals surface area contributed by atoms with Gasteiger partial charge < -0.3 is 9.32 Å². The van der Waals surface area contributed by atoms with E-state index in [1.165, 1.54) is 77.7 Å². The minimum atomic E-state index is -0.127. The molecule has 0 radical (unpaired) electrons. The second kappa shape index (κ2) is 12.8. The van der Waals surface area contributed by atoms with Crippen LogP contribution in [-0.2, 0) is 10.8 Å². The molecule has 278 valence electrons. The average molecular weight is 746 g/mol. The standard InChI is InChI=1S/C56H43NO/c1-55(2)49-19-10-8-17-45(49)46-31-30-44(35-51(46)55)57(42-26-21-37(22-27-42)36-13-6-5-7-14-36)43-28-23-38(24-29-43)39-15-12-16-40(33-39)41-25-32-50-48(34-41)54-53(56(50,3)4)47-18-9-11-20-52(47)58-54/h5-35H,1-4H3. The Balaban J connectivity index is 0.959. The van der Waals surface area contributed by atoms with Gasteiger partial charge in [0.15, 0.2) is 0 Å². The lowest BCUT2D eigenvalue weighted by Gasteiger charge is -2.28. The number of hydrogen-bond donors (Lipinski definition) is 0. The first-order chi connectivity index (χ1) is 28.3. The monoisotopic (exact) mass is 745 g/mol. The zero-order chi connectivity index (χ0) is 39.2. The minimum absolute atomic E-state index is 0.0942. The zero-order valence-electron chi connectivity index (χ0n) is 33.3. The number of nitrogens with zero attached hydrogens (tertiary/aromatic N) is 1. The molecule has 0 fully saturated rings. The summed E-state index contributed by atoms with van der Waals surface area (Å²) in [5.74, 6) is 1.01. The van der Waals surface area contributed by atoms with E-state index in [1.54, 1.807) is 0 Å².